The van der Waals surface area contributed by atoms with Gasteiger partial charge in [0.25, 0.3) is 0 Å². The summed E-state index contributed by atoms with van der Waals surface area (Å²) in [7, 11) is 1.62. The van der Waals surface area contributed by atoms with E-state index in [-0.39, 0.29) is 24.2 Å². The fourth-order valence-electron chi connectivity index (χ4n) is 2.24. The van der Waals surface area contributed by atoms with E-state index in [0.29, 0.717) is 26.1 Å². The van der Waals surface area contributed by atoms with Crippen LogP contribution in [0.3, 0.4) is 0 Å². The van der Waals surface area contributed by atoms with Crippen LogP contribution in [0.5, 0.6) is 0 Å². The molecule has 1 aliphatic heterocycles. The summed E-state index contributed by atoms with van der Waals surface area (Å²) in [6.45, 7) is 3.84. The molecule has 0 aromatic rings. The zero-order chi connectivity index (χ0) is 12.8. The van der Waals surface area contributed by atoms with Gasteiger partial charge in [0.05, 0.1) is 0 Å². The van der Waals surface area contributed by atoms with Gasteiger partial charge in [-0.2, -0.15) is 0 Å². The summed E-state index contributed by atoms with van der Waals surface area (Å²) in [5.41, 5.74) is 0. The molecule has 1 aliphatic rings. The van der Waals surface area contributed by atoms with Crippen LogP contribution in [0.2, 0.25) is 0 Å². The maximum absolute atomic E-state index is 11.9. The summed E-state index contributed by atoms with van der Waals surface area (Å²) in [4.78, 5) is 24.2. The van der Waals surface area contributed by atoms with Gasteiger partial charge in [-0.05, 0) is 18.3 Å². The Hall–Kier alpha value is -1.10. The lowest BCUT2D eigenvalue weighted by molar-refractivity contribution is -0.138. The molecule has 0 aliphatic carbocycles. The molecule has 1 fully saturated rings. The highest BCUT2D eigenvalue weighted by Gasteiger charge is 2.28. The Morgan fingerprint density at radius 1 is 1.53 bits per heavy atom. The second-order valence-electron chi connectivity index (χ2n) is 4.86. The zero-order valence-corrected chi connectivity index (χ0v) is 10.5. The number of amides is 1. The summed E-state index contributed by atoms with van der Waals surface area (Å²) in [6.07, 6.45) is 1.45. The van der Waals surface area contributed by atoms with Crippen molar-refractivity contribution in [2.24, 2.45) is 11.8 Å². The molecule has 0 spiro atoms. The number of carbonyl (C=O) groups is 2. The van der Waals surface area contributed by atoms with Gasteiger partial charge in [0.15, 0.2) is 0 Å². The van der Waals surface area contributed by atoms with Crippen LogP contribution in [0.1, 0.15) is 26.2 Å². The molecular formula is C12H21NO4. The molecule has 98 valence electrons. The Balaban J connectivity index is 2.32. The second kappa shape index (κ2) is 6.59. The zero-order valence-electron chi connectivity index (χ0n) is 10.5. The third-order valence-electron chi connectivity index (χ3n) is 3.08. The van der Waals surface area contributed by atoms with Crippen LogP contribution in [0, 0.1) is 11.8 Å². The van der Waals surface area contributed by atoms with Crippen LogP contribution in [-0.2, 0) is 14.3 Å². The van der Waals surface area contributed by atoms with Crippen molar-refractivity contribution in [1.82, 2.24) is 4.90 Å². The van der Waals surface area contributed by atoms with Crippen molar-refractivity contribution in [3.63, 3.8) is 0 Å². The first kappa shape index (κ1) is 14.0. The van der Waals surface area contributed by atoms with Gasteiger partial charge >= 0.3 is 5.97 Å². The Morgan fingerprint density at radius 3 is 2.82 bits per heavy atom. The van der Waals surface area contributed by atoms with Gasteiger partial charge < -0.3 is 14.7 Å². The van der Waals surface area contributed by atoms with E-state index in [4.69, 9.17) is 9.84 Å². The predicted molar refractivity (Wildman–Crippen MR) is 62.6 cm³/mol. The minimum Gasteiger partial charge on any atom is -0.481 e. The molecule has 5 nitrogen and oxygen atoms in total. The fraction of sp³-hybridized carbons (Fsp3) is 0.833. The van der Waals surface area contributed by atoms with Crippen molar-refractivity contribution >= 4 is 11.9 Å². The highest BCUT2D eigenvalue weighted by atomic mass is 16.5. The molecule has 2 atom stereocenters. The van der Waals surface area contributed by atoms with Gasteiger partial charge in [-0.25, -0.2) is 0 Å². The molecule has 1 rings (SSSR count). The quantitative estimate of drug-likeness (QED) is 0.755. The van der Waals surface area contributed by atoms with E-state index >= 15 is 0 Å². The summed E-state index contributed by atoms with van der Waals surface area (Å²) in [5, 5.41) is 8.69. The van der Waals surface area contributed by atoms with Crippen molar-refractivity contribution in [1.29, 1.82) is 0 Å². The number of rotatable bonds is 6. The highest BCUT2D eigenvalue weighted by molar-refractivity contribution is 5.77. The third kappa shape index (κ3) is 4.73. The number of nitrogens with zero attached hydrogens (tertiary/aromatic N) is 1. The number of likely N-dealkylation sites (tertiary alicyclic amines) is 1. The van der Waals surface area contributed by atoms with E-state index in [2.05, 4.69) is 0 Å². The van der Waals surface area contributed by atoms with Crippen LogP contribution < -0.4 is 0 Å². The monoisotopic (exact) mass is 243 g/mol. The van der Waals surface area contributed by atoms with Crippen molar-refractivity contribution in [2.45, 2.75) is 26.2 Å². The Bertz CT molecular complexity index is 280. The van der Waals surface area contributed by atoms with Crippen LogP contribution in [0.25, 0.3) is 0 Å². The van der Waals surface area contributed by atoms with Crippen LogP contribution >= 0.6 is 0 Å². The first-order chi connectivity index (χ1) is 8.02. The van der Waals surface area contributed by atoms with Gasteiger partial charge in [-0.1, -0.05) is 6.92 Å². The molecule has 17 heavy (non-hydrogen) atoms. The van der Waals surface area contributed by atoms with E-state index in [1.54, 1.807) is 12.0 Å². The van der Waals surface area contributed by atoms with E-state index in [1.807, 2.05) is 6.92 Å². The minimum atomic E-state index is -0.781. The largest absolute Gasteiger partial charge is 0.481 e. The Morgan fingerprint density at radius 2 is 2.24 bits per heavy atom. The number of ether oxygens (including phenoxy) is 1. The van der Waals surface area contributed by atoms with Gasteiger partial charge in [0.1, 0.15) is 0 Å². The number of methoxy groups -OCH3 is 1. The van der Waals surface area contributed by atoms with E-state index < -0.39 is 5.97 Å². The predicted octanol–water partition coefficient (Wildman–Crippen LogP) is 0.982. The molecule has 0 bridgehead atoms. The average Bonchev–Trinajstić information content (AvgIpc) is 2.65. The lowest BCUT2D eigenvalue weighted by Crippen LogP contribution is -2.30. The molecule has 1 saturated heterocycles. The smallest absolute Gasteiger partial charge is 0.303 e. The number of hydrogen-bond donors (Lipinski definition) is 1. The van der Waals surface area contributed by atoms with Gasteiger partial charge in [0.2, 0.25) is 5.91 Å². The van der Waals surface area contributed by atoms with Crippen LogP contribution in [-0.4, -0.2) is 48.7 Å². The molecule has 0 aromatic heterocycles. The molecule has 5 heteroatoms. The summed E-state index contributed by atoms with van der Waals surface area (Å²) in [6, 6.07) is 0. The molecule has 0 saturated carbocycles. The van der Waals surface area contributed by atoms with Crippen molar-refractivity contribution < 1.29 is 19.4 Å². The molecular weight excluding hydrogens is 222 g/mol. The number of hydrogen-bond acceptors (Lipinski definition) is 3. The Kier molecular flexibility index (Phi) is 5.41. The maximum atomic E-state index is 11.9. The lowest BCUT2D eigenvalue weighted by Gasteiger charge is -2.18. The van der Waals surface area contributed by atoms with E-state index in [9.17, 15) is 9.59 Å². The fourth-order valence-corrected chi connectivity index (χ4v) is 2.24. The highest BCUT2D eigenvalue weighted by Crippen LogP contribution is 2.21. The van der Waals surface area contributed by atoms with Crippen LogP contribution in [0.15, 0.2) is 0 Å². The molecule has 2 unspecified atom stereocenters. The number of carboxylic acid groups (broad SMARTS) is 1. The summed E-state index contributed by atoms with van der Waals surface area (Å²) < 4.78 is 4.99. The molecule has 0 aromatic carbocycles. The van der Waals surface area contributed by atoms with Gasteiger partial charge in [-0.15, -0.1) is 0 Å². The first-order valence-electron chi connectivity index (χ1n) is 6.01. The third-order valence-corrected chi connectivity index (χ3v) is 3.08. The SMILES string of the molecule is COCC(C)CC(=O)N1CCC(CC(=O)O)C1. The summed E-state index contributed by atoms with van der Waals surface area (Å²) >= 11 is 0. The maximum Gasteiger partial charge on any atom is 0.303 e. The van der Waals surface area contributed by atoms with Crippen molar-refractivity contribution in [3.8, 4) is 0 Å². The van der Waals surface area contributed by atoms with Crippen molar-refractivity contribution in [2.75, 3.05) is 26.8 Å². The van der Waals surface area contributed by atoms with Crippen molar-refractivity contribution in [3.05, 3.63) is 0 Å². The van der Waals surface area contributed by atoms with E-state index in [0.717, 1.165) is 6.42 Å². The Labute approximate surface area is 102 Å². The van der Waals surface area contributed by atoms with Gasteiger partial charge in [-0.3, -0.25) is 9.59 Å². The lowest BCUT2D eigenvalue weighted by atomic mass is 10.1. The number of carbonyl (C=O) groups excluding carboxylic acids is 1. The standard InChI is InChI=1S/C12H21NO4/c1-9(8-17-2)5-11(14)13-4-3-10(7-13)6-12(15)16/h9-10H,3-8H2,1-2H3,(H,15,16). The normalized spacial score (nSPS) is 21.5. The van der Waals surface area contributed by atoms with E-state index in [1.165, 1.54) is 0 Å². The summed E-state index contributed by atoms with van der Waals surface area (Å²) in [5.74, 6) is -0.334. The first-order valence-corrected chi connectivity index (χ1v) is 6.01. The molecule has 1 heterocycles. The number of aliphatic carboxylic acids is 1. The average molecular weight is 243 g/mol. The number of carboxylic acids is 1. The topological polar surface area (TPSA) is 66.8 Å². The van der Waals surface area contributed by atoms with Crippen LogP contribution in [0.4, 0.5) is 0 Å². The van der Waals surface area contributed by atoms with Gasteiger partial charge in [0, 0.05) is 39.6 Å². The second-order valence-corrected chi connectivity index (χ2v) is 4.86. The molecule has 0 radical (unpaired) electrons. The molecule has 1 N–H and O–H groups in total. The molecule has 1 amide bonds. The minimum absolute atomic E-state index is 0.113.